The van der Waals surface area contributed by atoms with Crippen LogP contribution < -0.4 is 5.32 Å². The highest BCUT2D eigenvalue weighted by molar-refractivity contribution is 5.39. The van der Waals surface area contributed by atoms with Crippen molar-refractivity contribution in [2.24, 2.45) is 0 Å². The van der Waals surface area contributed by atoms with Gasteiger partial charge >= 0.3 is 0 Å². The summed E-state index contributed by atoms with van der Waals surface area (Å²) in [7, 11) is 0. The number of nitrogens with zero attached hydrogens (tertiary/aromatic N) is 2. The number of rotatable bonds is 3. The highest BCUT2D eigenvalue weighted by atomic mass is 19.2. The van der Waals surface area contributed by atoms with Crippen molar-refractivity contribution in [3.63, 3.8) is 0 Å². The monoisotopic (exact) mass is 253 g/mol. The van der Waals surface area contributed by atoms with Crippen LogP contribution >= 0.6 is 0 Å². The van der Waals surface area contributed by atoms with Crippen molar-refractivity contribution in [3.05, 3.63) is 53.7 Å². The Morgan fingerprint density at radius 1 is 1.11 bits per heavy atom. The lowest BCUT2D eigenvalue weighted by Crippen LogP contribution is -2.11. The van der Waals surface area contributed by atoms with E-state index in [2.05, 4.69) is 15.3 Å². The zero-order chi connectivity index (χ0) is 13.1. The molecule has 0 saturated carbocycles. The van der Waals surface area contributed by atoms with Gasteiger partial charge in [0.1, 0.15) is 0 Å². The molecule has 1 atom stereocenters. The summed E-state index contributed by atoms with van der Waals surface area (Å²) in [5.74, 6) is -3.90. The Labute approximate surface area is 102 Å². The molecular weight excluding hydrogens is 243 g/mol. The van der Waals surface area contributed by atoms with Crippen molar-refractivity contribution in [2.75, 3.05) is 5.32 Å². The predicted octanol–water partition coefficient (Wildman–Crippen LogP) is 3.07. The van der Waals surface area contributed by atoms with Crippen molar-refractivity contribution in [1.82, 2.24) is 9.97 Å². The van der Waals surface area contributed by atoms with Gasteiger partial charge in [-0.1, -0.05) is 0 Å². The van der Waals surface area contributed by atoms with Gasteiger partial charge in [-0.25, -0.2) is 8.78 Å². The second kappa shape index (κ2) is 5.03. The molecule has 0 bridgehead atoms. The number of halogens is 3. The molecule has 0 fully saturated rings. The zero-order valence-electron chi connectivity index (χ0n) is 9.49. The van der Waals surface area contributed by atoms with Gasteiger partial charge in [0.05, 0.1) is 6.04 Å². The molecule has 0 aliphatic rings. The molecule has 0 aliphatic carbocycles. The highest BCUT2D eigenvalue weighted by Crippen LogP contribution is 2.20. The fraction of sp³-hybridized carbons (Fsp3) is 0.167. The van der Waals surface area contributed by atoms with Crippen LogP contribution in [0.3, 0.4) is 0 Å². The van der Waals surface area contributed by atoms with Gasteiger partial charge in [-0.2, -0.15) is 9.37 Å². The standard InChI is InChI=1S/C12H10F3N3/c1-7(8-2-4-16-5-3-8)17-12-10(14)6-9(13)11(15)18-12/h2-7H,1H3,(H,17,18). The van der Waals surface area contributed by atoms with Crippen molar-refractivity contribution in [2.45, 2.75) is 13.0 Å². The van der Waals surface area contributed by atoms with Crippen molar-refractivity contribution in [3.8, 4) is 0 Å². The highest BCUT2D eigenvalue weighted by Gasteiger charge is 2.14. The van der Waals surface area contributed by atoms with E-state index in [1.807, 2.05) is 0 Å². The van der Waals surface area contributed by atoms with E-state index in [1.165, 1.54) is 0 Å². The first-order valence-corrected chi connectivity index (χ1v) is 5.26. The minimum absolute atomic E-state index is 0.306. The molecule has 0 spiro atoms. The molecule has 18 heavy (non-hydrogen) atoms. The molecule has 3 nitrogen and oxygen atoms in total. The van der Waals surface area contributed by atoms with E-state index in [4.69, 9.17) is 0 Å². The molecule has 2 rings (SSSR count). The molecule has 2 aromatic heterocycles. The average molecular weight is 253 g/mol. The zero-order valence-corrected chi connectivity index (χ0v) is 9.49. The molecule has 0 saturated heterocycles. The summed E-state index contributed by atoms with van der Waals surface area (Å²) in [6.45, 7) is 1.75. The topological polar surface area (TPSA) is 37.8 Å². The fourth-order valence-electron chi connectivity index (χ4n) is 1.49. The van der Waals surface area contributed by atoms with Gasteiger partial charge in [-0.3, -0.25) is 4.98 Å². The molecule has 2 heterocycles. The maximum absolute atomic E-state index is 13.4. The summed E-state index contributed by atoms with van der Waals surface area (Å²) in [6, 6.07) is 3.62. The second-order valence-electron chi connectivity index (χ2n) is 3.74. The molecule has 0 aromatic carbocycles. The summed E-state index contributed by atoms with van der Waals surface area (Å²) in [5, 5.41) is 2.67. The molecule has 0 radical (unpaired) electrons. The van der Waals surface area contributed by atoms with Crippen LogP contribution in [0.25, 0.3) is 0 Å². The van der Waals surface area contributed by atoms with Crippen LogP contribution in [0.15, 0.2) is 30.6 Å². The lowest BCUT2D eigenvalue weighted by atomic mass is 10.1. The molecular formula is C12H10F3N3. The maximum Gasteiger partial charge on any atom is 0.251 e. The third-order valence-corrected chi connectivity index (χ3v) is 2.45. The van der Waals surface area contributed by atoms with E-state index in [1.54, 1.807) is 31.5 Å². The minimum Gasteiger partial charge on any atom is -0.361 e. The van der Waals surface area contributed by atoms with Crippen LogP contribution in [0.4, 0.5) is 19.0 Å². The van der Waals surface area contributed by atoms with E-state index in [9.17, 15) is 13.2 Å². The van der Waals surface area contributed by atoms with E-state index in [-0.39, 0.29) is 11.9 Å². The Balaban J connectivity index is 2.22. The van der Waals surface area contributed by atoms with Gasteiger partial charge in [0, 0.05) is 18.5 Å². The third kappa shape index (κ3) is 2.58. The fourth-order valence-corrected chi connectivity index (χ4v) is 1.49. The maximum atomic E-state index is 13.4. The lowest BCUT2D eigenvalue weighted by Gasteiger charge is -2.15. The average Bonchev–Trinajstić information content (AvgIpc) is 2.37. The molecule has 0 amide bonds. The first-order valence-electron chi connectivity index (χ1n) is 5.26. The third-order valence-electron chi connectivity index (χ3n) is 2.45. The van der Waals surface area contributed by atoms with E-state index < -0.39 is 17.6 Å². The normalized spacial score (nSPS) is 12.2. The molecule has 1 N–H and O–H groups in total. The number of anilines is 1. The Hall–Kier alpha value is -2.11. The number of hydrogen-bond acceptors (Lipinski definition) is 3. The largest absolute Gasteiger partial charge is 0.361 e. The molecule has 94 valence electrons. The molecule has 6 heteroatoms. The van der Waals surface area contributed by atoms with E-state index in [0.29, 0.717) is 6.07 Å². The Kier molecular flexibility index (Phi) is 3.45. The Morgan fingerprint density at radius 3 is 2.44 bits per heavy atom. The molecule has 1 unspecified atom stereocenters. The van der Waals surface area contributed by atoms with E-state index in [0.717, 1.165) is 5.56 Å². The smallest absolute Gasteiger partial charge is 0.251 e. The van der Waals surface area contributed by atoms with Gasteiger partial charge in [-0.05, 0) is 24.6 Å². The summed E-state index contributed by atoms with van der Waals surface area (Å²) in [6.07, 6.45) is 3.17. The van der Waals surface area contributed by atoms with Crippen LogP contribution in [-0.4, -0.2) is 9.97 Å². The van der Waals surface area contributed by atoms with Crippen LogP contribution in [0.5, 0.6) is 0 Å². The number of pyridine rings is 2. The second-order valence-corrected chi connectivity index (χ2v) is 3.74. The van der Waals surface area contributed by atoms with Crippen molar-refractivity contribution in [1.29, 1.82) is 0 Å². The van der Waals surface area contributed by atoms with Gasteiger partial charge in [-0.15, -0.1) is 0 Å². The summed E-state index contributed by atoms with van der Waals surface area (Å²) in [4.78, 5) is 7.05. The van der Waals surface area contributed by atoms with E-state index >= 15 is 0 Å². The number of nitrogens with one attached hydrogen (secondary N) is 1. The van der Waals surface area contributed by atoms with Gasteiger partial charge < -0.3 is 5.32 Å². The predicted molar refractivity (Wildman–Crippen MR) is 60.4 cm³/mol. The van der Waals surface area contributed by atoms with Crippen LogP contribution in [-0.2, 0) is 0 Å². The van der Waals surface area contributed by atoms with Crippen LogP contribution in [0.2, 0.25) is 0 Å². The van der Waals surface area contributed by atoms with Crippen molar-refractivity contribution < 1.29 is 13.2 Å². The van der Waals surface area contributed by atoms with Crippen LogP contribution in [0.1, 0.15) is 18.5 Å². The SMILES string of the molecule is CC(Nc1nc(F)c(F)cc1F)c1ccncc1. The van der Waals surface area contributed by atoms with Gasteiger partial charge in [0.15, 0.2) is 17.5 Å². The number of aromatic nitrogens is 2. The molecule has 0 aliphatic heterocycles. The Bertz CT molecular complexity index is 546. The summed E-state index contributed by atoms with van der Waals surface area (Å²) < 4.78 is 39.0. The summed E-state index contributed by atoms with van der Waals surface area (Å²) >= 11 is 0. The summed E-state index contributed by atoms with van der Waals surface area (Å²) in [5.41, 5.74) is 0.830. The Morgan fingerprint density at radius 2 is 1.78 bits per heavy atom. The lowest BCUT2D eigenvalue weighted by molar-refractivity contribution is 0.465. The minimum atomic E-state index is -1.33. The molecule has 2 aromatic rings. The van der Waals surface area contributed by atoms with Gasteiger partial charge in [0.25, 0.3) is 5.95 Å². The van der Waals surface area contributed by atoms with Crippen molar-refractivity contribution >= 4 is 5.82 Å². The first-order chi connectivity index (χ1) is 8.58. The van der Waals surface area contributed by atoms with Gasteiger partial charge in [0.2, 0.25) is 0 Å². The quantitative estimate of drug-likeness (QED) is 0.854. The van der Waals surface area contributed by atoms with Crippen LogP contribution in [0, 0.1) is 17.6 Å². The number of hydrogen-bond donors (Lipinski definition) is 1. The first kappa shape index (κ1) is 12.3.